The summed E-state index contributed by atoms with van der Waals surface area (Å²) in [5.41, 5.74) is 3.16. The summed E-state index contributed by atoms with van der Waals surface area (Å²) in [4.78, 5) is 23.3. The third kappa shape index (κ3) is 6.76. The molecule has 14 nitrogen and oxygen atoms in total. The van der Waals surface area contributed by atoms with E-state index in [1.165, 1.54) is 37.0 Å². The van der Waals surface area contributed by atoms with Crippen molar-refractivity contribution in [3.8, 4) is 0 Å². The molecule has 3 N–H and O–H groups in total. The number of fused-ring (bicyclic) bond motifs is 1. The molecular formula is C28H37N8O6PS. The fraction of sp³-hybridized carbons (Fsp3) is 0.357. The number of anilines is 4. The molecule has 16 heteroatoms. The van der Waals surface area contributed by atoms with Gasteiger partial charge in [0.25, 0.3) is 7.44 Å². The normalized spacial score (nSPS) is 13.8. The Morgan fingerprint density at radius 2 is 1.86 bits per heavy atom. The number of aryl methyl sites for hydroxylation is 3. The van der Waals surface area contributed by atoms with Gasteiger partial charge in [-0.2, -0.15) is 10.1 Å². The zero-order valence-corrected chi connectivity index (χ0v) is 27.4. The van der Waals surface area contributed by atoms with Gasteiger partial charge in [-0.3, -0.25) is 14.0 Å². The van der Waals surface area contributed by atoms with Crippen LogP contribution in [0.15, 0.2) is 53.6 Å². The standard InChI is InChI=1S/C28H37N8O6PS/c1-8-42-27(37)19(3)33-43(38,17-41-7)36(22-10-9-18(2)25(16-22)44(29,39)40)28-30-14-13-26(31-28)34(5)21-11-12-23-20(4)35(6)32-24(23)15-21/h9-16,19H,8,17H2,1-7H3,(H,33,38)(H2,29,39,40). The van der Waals surface area contributed by atoms with E-state index >= 15 is 0 Å². The predicted octanol–water partition coefficient (Wildman–Crippen LogP) is 3.87. The molecule has 0 bridgehead atoms. The van der Waals surface area contributed by atoms with Crippen LogP contribution in [0.5, 0.6) is 0 Å². The molecular weight excluding hydrogens is 607 g/mol. The van der Waals surface area contributed by atoms with Gasteiger partial charge in [-0.25, -0.2) is 28.3 Å². The van der Waals surface area contributed by atoms with Gasteiger partial charge >= 0.3 is 5.97 Å². The molecule has 2 aromatic heterocycles. The Labute approximate surface area is 256 Å². The molecule has 4 aromatic rings. The van der Waals surface area contributed by atoms with Gasteiger partial charge in [0.15, 0.2) is 0 Å². The molecule has 0 fully saturated rings. The zero-order chi connectivity index (χ0) is 32.4. The number of ether oxygens (including phenoxy) is 2. The van der Waals surface area contributed by atoms with Gasteiger partial charge in [-0.15, -0.1) is 0 Å². The van der Waals surface area contributed by atoms with Crippen LogP contribution in [0, 0.1) is 13.8 Å². The lowest BCUT2D eigenvalue weighted by molar-refractivity contribution is -0.144. The van der Waals surface area contributed by atoms with Gasteiger partial charge in [0, 0.05) is 44.2 Å². The number of benzene rings is 2. The van der Waals surface area contributed by atoms with E-state index in [1.807, 2.05) is 48.8 Å². The number of hydrogen-bond acceptors (Lipinski definition) is 10. The molecule has 2 aromatic carbocycles. The smallest absolute Gasteiger partial charge is 0.323 e. The second-order valence-electron chi connectivity index (χ2n) is 10.2. The van der Waals surface area contributed by atoms with Gasteiger partial charge in [-0.1, -0.05) is 6.07 Å². The molecule has 236 valence electrons. The van der Waals surface area contributed by atoms with E-state index in [9.17, 15) is 17.8 Å². The van der Waals surface area contributed by atoms with Gasteiger partial charge < -0.3 is 14.4 Å². The van der Waals surface area contributed by atoms with E-state index < -0.39 is 35.8 Å². The van der Waals surface area contributed by atoms with Crippen molar-refractivity contribution < 1.29 is 27.3 Å². The molecule has 2 heterocycles. The zero-order valence-electron chi connectivity index (χ0n) is 25.7. The van der Waals surface area contributed by atoms with Crippen LogP contribution in [0.4, 0.5) is 23.1 Å². The Hall–Kier alpha value is -3.88. The second kappa shape index (κ2) is 13.0. The summed E-state index contributed by atoms with van der Waals surface area (Å²) in [5.74, 6) is -0.238. The highest BCUT2D eigenvalue weighted by atomic mass is 32.2. The molecule has 0 aliphatic carbocycles. The van der Waals surface area contributed by atoms with Crippen LogP contribution in [-0.4, -0.2) is 67.3 Å². The molecule has 0 saturated carbocycles. The van der Waals surface area contributed by atoms with Crippen LogP contribution >= 0.6 is 7.44 Å². The number of methoxy groups -OCH3 is 1. The van der Waals surface area contributed by atoms with Crippen molar-refractivity contribution in [2.45, 2.75) is 38.6 Å². The van der Waals surface area contributed by atoms with Gasteiger partial charge in [-0.05, 0) is 69.7 Å². The third-order valence-corrected chi connectivity index (χ3v) is 10.6. The minimum atomic E-state index is -4.15. The van der Waals surface area contributed by atoms with E-state index in [4.69, 9.17) is 19.6 Å². The number of rotatable bonds is 12. The van der Waals surface area contributed by atoms with Crippen molar-refractivity contribution in [2.24, 2.45) is 12.2 Å². The highest BCUT2D eigenvalue weighted by Gasteiger charge is 2.38. The Balaban J connectivity index is 1.87. The summed E-state index contributed by atoms with van der Waals surface area (Å²) in [6.07, 6.45) is 1.10. The SMILES string of the molecule is CCOC(=O)C(C)NP(=O)(COC)N(c1ccc(C)c(S(N)(=O)=O)c1)c1nccc(N(C)c2ccc3c(C)n(C)nc3c2)n1. The number of nitrogens with one attached hydrogen (secondary N) is 1. The fourth-order valence-corrected chi connectivity index (χ4v) is 7.76. The number of primary sulfonamides is 1. The maximum absolute atomic E-state index is 14.8. The number of nitrogens with zero attached hydrogens (tertiary/aromatic N) is 6. The summed E-state index contributed by atoms with van der Waals surface area (Å²) in [6, 6.07) is 10.9. The first-order chi connectivity index (χ1) is 20.7. The van der Waals surface area contributed by atoms with E-state index in [-0.39, 0.29) is 23.1 Å². The van der Waals surface area contributed by atoms with Crippen molar-refractivity contribution in [1.29, 1.82) is 0 Å². The highest BCUT2D eigenvalue weighted by Crippen LogP contribution is 2.53. The van der Waals surface area contributed by atoms with E-state index in [2.05, 4.69) is 15.2 Å². The molecule has 4 rings (SSSR count). The minimum Gasteiger partial charge on any atom is -0.465 e. The first-order valence-corrected chi connectivity index (χ1v) is 17.1. The van der Waals surface area contributed by atoms with Crippen LogP contribution in [0.3, 0.4) is 0 Å². The number of carbonyl (C=O) groups is 1. The molecule has 0 spiro atoms. The summed E-state index contributed by atoms with van der Waals surface area (Å²) in [5, 5.41) is 13.9. The number of nitrogens with two attached hydrogens (primary N) is 1. The third-order valence-electron chi connectivity index (χ3n) is 7.05. The Morgan fingerprint density at radius 1 is 1.16 bits per heavy atom. The number of hydrogen-bond donors (Lipinski definition) is 2. The lowest BCUT2D eigenvalue weighted by Crippen LogP contribution is -2.39. The van der Waals surface area contributed by atoms with E-state index in [0.717, 1.165) is 22.3 Å². The van der Waals surface area contributed by atoms with Crippen molar-refractivity contribution >= 4 is 57.5 Å². The molecule has 44 heavy (non-hydrogen) atoms. The maximum atomic E-state index is 14.8. The van der Waals surface area contributed by atoms with Gasteiger partial charge in [0.1, 0.15) is 18.2 Å². The number of aromatic nitrogens is 4. The highest BCUT2D eigenvalue weighted by molar-refractivity contribution is 7.89. The minimum absolute atomic E-state index is 0.0442. The molecule has 2 atom stereocenters. The first-order valence-electron chi connectivity index (χ1n) is 13.7. The van der Waals surface area contributed by atoms with Crippen molar-refractivity contribution in [2.75, 3.05) is 36.7 Å². The van der Waals surface area contributed by atoms with Crippen molar-refractivity contribution in [3.05, 3.63) is 59.9 Å². The predicted molar refractivity (Wildman–Crippen MR) is 169 cm³/mol. The maximum Gasteiger partial charge on any atom is 0.323 e. The Bertz CT molecular complexity index is 1850. The monoisotopic (exact) mass is 644 g/mol. The average Bonchev–Trinajstić information content (AvgIpc) is 3.25. The summed E-state index contributed by atoms with van der Waals surface area (Å²) in [6.45, 7) is 6.88. The fourth-order valence-electron chi connectivity index (χ4n) is 4.71. The largest absolute Gasteiger partial charge is 0.465 e. The van der Waals surface area contributed by atoms with Gasteiger partial charge in [0.05, 0.1) is 22.7 Å². The summed E-state index contributed by atoms with van der Waals surface area (Å²) >= 11 is 0. The van der Waals surface area contributed by atoms with Gasteiger partial charge in [0.2, 0.25) is 16.0 Å². The van der Waals surface area contributed by atoms with Crippen LogP contribution in [0.1, 0.15) is 25.1 Å². The van der Waals surface area contributed by atoms with E-state index in [1.54, 1.807) is 26.0 Å². The lowest BCUT2D eigenvalue weighted by atomic mass is 10.2. The summed E-state index contributed by atoms with van der Waals surface area (Å²) in [7, 11) is -3.08. The van der Waals surface area contributed by atoms with Crippen LogP contribution in [-0.2, 0) is 35.9 Å². The number of esters is 1. The topological polar surface area (TPSA) is 175 Å². The van der Waals surface area contributed by atoms with Crippen molar-refractivity contribution in [3.63, 3.8) is 0 Å². The molecule has 0 aliphatic heterocycles. The lowest BCUT2D eigenvalue weighted by Gasteiger charge is -2.34. The molecule has 0 radical (unpaired) electrons. The van der Waals surface area contributed by atoms with Crippen LogP contribution in [0.2, 0.25) is 0 Å². The molecule has 0 amide bonds. The van der Waals surface area contributed by atoms with E-state index in [0.29, 0.717) is 11.4 Å². The first kappa shape index (κ1) is 33.0. The Kier molecular flexibility index (Phi) is 9.76. The molecule has 0 saturated heterocycles. The van der Waals surface area contributed by atoms with Crippen molar-refractivity contribution in [1.82, 2.24) is 24.8 Å². The Morgan fingerprint density at radius 3 is 2.52 bits per heavy atom. The van der Waals surface area contributed by atoms with Crippen LogP contribution < -0.4 is 19.8 Å². The number of carbonyl (C=O) groups excluding carboxylic acids is 1. The van der Waals surface area contributed by atoms with Crippen LogP contribution in [0.25, 0.3) is 10.9 Å². The summed E-state index contributed by atoms with van der Waals surface area (Å²) < 4.78 is 53.2. The number of sulfonamides is 1. The second-order valence-corrected chi connectivity index (χ2v) is 14.1. The quantitative estimate of drug-likeness (QED) is 0.169. The average molecular weight is 645 g/mol. The molecule has 0 aliphatic rings. The molecule has 2 unspecified atom stereocenters.